The predicted octanol–water partition coefficient (Wildman–Crippen LogP) is 4.94. The third-order valence-corrected chi connectivity index (χ3v) is 7.57. The molecule has 0 atom stereocenters. The molecule has 0 N–H and O–H groups in total. The molecule has 1 aliphatic heterocycles. The van der Waals surface area contributed by atoms with Gasteiger partial charge in [0.1, 0.15) is 0 Å². The summed E-state index contributed by atoms with van der Waals surface area (Å²) in [6.07, 6.45) is 3.71. The Morgan fingerprint density at radius 2 is 1.53 bits per heavy atom. The van der Waals surface area contributed by atoms with E-state index >= 15 is 0 Å². The molecule has 6 heteroatoms. The number of hydrogen-bond acceptors (Lipinski definition) is 3. The van der Waals surface area contributed by atoms with Crippen LogP contribution >= 0.6 is 0 Å². The van der Waals surface area contributed by atoms with Gasteiger partial charge in [0.2, 0.25) is 10.0 Å². The molecule has 3 aromatic rings. The van der Waals surface area contributed by atoms with Gasteiger partial charge >= 0.3 is 0 Å². The lowest BCUT2D eigenvalue weighted by atomic mass is 10.2. The largest absolute Gasteiger partial charge is 0.318 e. The molecule has 1 aromatic heterocycles. The van der Waals surface area contributed by atoms with Crippen LogP contribution in [-0.4, -0.2) is 36.6 Å². The van der Waals surface area contributed by atoms with Gasteiger partial charge in [-0.1, -0.05) is 17.7 Å². The Morgan fingerprint density at radius 1 is 0.900 bits per heavy atom. The van der Waals surface area contributed by atoms with Crippen molar-refractivity contribution < 1.29 is 8.42 Å². The molecule has 0 radical (unpaired) electrons. The molecule has 0 saturated carbocycles. The smallest absolute Gasteiger partial charge is 0.243 e. The van der Waals surface area contributed by atoms with Crippen LogP contribution in [0.2, 0.25) is 0 Å². The highest BCUT2D eigenvalue weighted by atomic mass is 32.2. The van der Waals surface area contributed by atoms with Crippen molar-refractivity contribution in [2.45, 2.75) is 38.5 Å². The predicted molar refractivity (Wildman–Crippen MR) is 122 cm³/mol. The zero-order valence-electron chi connectivity index (χ0n) is 17.7. The van der Waals surface area contributed by atoms with E-state index in [1.165, 1.54) is 5.56 Å². The van der Waals surface area contributed by atoms with Gasteiger partial charge in [-0.3, -0.25) is 4.99 Å². The summed E-state index contributed by atoms with van der Waals surface area (Å²) in [6.45, 7) is 7.47. The highest BCUT2D eigenvalue weighted by molar-refractivity contribution is 7.89. The summed E-state index contributed by atoms with van der Waals surface area (Å²) >= 11 is 0. The van der Waals surface area contributed by atoms with Crippen LogP contribution < -0.4 is 0 Å². The Bertz CT molecular complexity index is 1170. The SMILES string of the molecule is Cc1ccc(-n2c(C)cc(C=Nc3ccc(S(=O)(=O)N4CCCC4)cc3)c2C)cc1. The fourth-order valence-electron chi connectivity index (χ4n) is 3.94. The van der Waals surface area contributed by atoms with Gasteiger partial charge in [0.05, 0.1) is 10.6 Å². The lowest BCUT2D eigenvalue weighted by Crippen LogP contribution is -2.27. The van der Waals surface area contributed by atoms with E-state index < -0.39 is 10.0 Å². The maximum atomic E-state index is 12.7. The molecule has 0 amide bonds. The molecule has 0 aliphatic carbocycles. The third kappa shape index (κ3) is 3.98. The second-order valence-electron chi connectivity index (χ2n) is 7.86. The molecule has 30 heavy (non-hydrogen) atoms. The normalized spacial score (nSPS) is 15.3. The second kappa shape index (κ2) is 8.20. The fourth-order valence-corrected chi connectivity index (χ4v) is 5.45. The molecule has 156 valence electrons. The number of aromatic nitrogens is 1. The van der Waals surface area contributed by atoms with E-state index in [0.717, 1.165) is 41.2 Å². The fraction of sp³-hybridized carbons (Fsp3) is 0.292. The van der Waals surface area contributed by atoms with E-state index in [1.54, 1.807) is 28.6 Å². The van der Waals surface area contributed by atoms with Crippen LogP contribution in [0.15, 0.2) is 64.5 Å². The highest BCUT2D eigenvalue weighted by Crippen LogP contribution is 2.24. The monoisotopic (exact) mass is 421 g/mol. The standard InChI is InChI=1S/C24H27N3O2S/c1-18-6-10-23(11-7-18)27-19(2)16-21(20(27)3)17-25-22-8-12-24(13-9-22)30(28,29)26-14-4-5-15-26/h6-13,16-17H,4-5,14-15H2,1-3H3. The number of aliphatic imine (C=N–C) groups is 1. The van der Waals surface area contributed by atoms with E-state index in [9.17, 15) is 8.42 Å². The van der Waals surface area contributed by atoms with Gasteiger partial charge in [0.15, 0.2) is 0 Å². The van der Waals surface area contributed by atoms with Crippen LogP contribution in [0.5, 0.6) is 0 Å². The maximum Gasteiger partial charge on any atom is 0.243 e. The minimum absolute atomic E-state index is 0.334. The van der Waals surface area contributed by atoms with Crippen LogP contribution in [-0.2, 0) is 10.0 Å². The topological polar surface area (TPSA) is 54.7 Å². The first-order valence-electron chi connectivity index (χ1n) is 10.3. The van der Waals surface area contributed by atoms with Gasteiger partial charge < -0.3 is 4.57 Å². The van der Waals surface area contributed by atoms with Gasteiger partial charge in [-0.2, -0.15) is 4.31 Å². The summed E-state index contributed by atoms with van der Waals surface area (Å²) in [5.41, 5.74) is 6.40. The molecule has 1 aliphatic rings. The quantitative estimate of drug-likeness (QED) is 0.548. The van der Waals surface area contributed by atoms with Crippen molar-refractivity contribution in [3.63, 3.8) is 0 Å². The van der Waals surface area contributed by atoms with Crippen molar-refractivity contribution >= 4 is 21.9 Å². The van der Waals surface area contributed by atoms with E-state index in [-0.39, 0.29) is 0 Å². The Balaban J connectivity index is 1.56. The van der Waals surface area contributed by atoms with Crippen LogP contribution in [0.25, 0.3) is 5.69 Å². The molecule has 1 saturated heterocycles. The third-order valence-electron chi connectivity index (χ3n) is 5.65. The summed E-state index contributed by atoms with van der Waals surface area (Å²) in [5.74, 6) is 0. The zero-order chi connectivity index (χ0) is 21.3. The summed E-state index contributed by atoms with van der Waals surface area (Å²) in [5, 5.41) is 0. The van der Waals surface area contributed by atoms with E-state index in [1.807, 2.05) is 6.21 Å². The summed E-state index contributed by atoms with van der Waals surface area (Å²) < 4.78 is 29.1. The van der Waals surface area contributed by atoms with Crippen LogP contribution in [0.4, 0.5) is 5.69 Å². The van der Waals surface area contributed by atoms with Crippen LogP contribution in [0, 0.1) is 20.8 Å². The summed E-state index contributed by atoms with van der Waals surface area (Å²) in [7, 11) is -3.39. The van der Waals surface area contributed by atoms with Crippen molar-refractivity contribution in [2.75, 3.05) is 13.1 Å². The summed E-state index contributed by atoms with van der Waals surface area (Å²) in [6, 6.07) is 17.4. The Kier molecular flexibility index (Phi) is 5.62. The Labute approximate surface area is 178 Å². The van der Waals surface area contributed by atoms with Crippen molar-refractivity contribution in [2.24, 2.45) is 4.99 Å². The second-order valence-corrected chi connectivity index (χ2v) is 9.80. The minimum atomic E-state index is -3.39. The first-order valence-corrected chi connectivity index (χ1v) is 11.7. The zero-order valence-corrected chi connectivity index (χ0v) is 18.5. The van der Waals surface area contributed by atoms with Crippen LogP contribution in [0.3, 0.4) is 0 Å². The molecule has 2 aromatic carbocycles. The van der Waals surface area contributed by atoms with Crippen molar-refractivity contribution in [1.29, 1.82) is 0 Å². The molecule has 1 fully saturated rings. The van der Waals surface area contributed by atoms with Crippen molar-refractivity contribution in [1.82, 2.24) is 8.87 Å². The number of hydrogen-bond donors (Lipinski definition) is 0. The van der Waals surface area contributed by atoms with Crippen LogP contribution in [0.1, 0.15) is 35.4 Å². The number of rotatable bonds is 5. The Morgan fingerprint density at radius 3 is 2.17 bits per heavy atom. The molecular weight excluding hydrogens is 394 g/mol. The lowest BCUT2D eigenvalue weighted by molar-refractivity contribution is 0.477. The van der Waals surface area contributed by atoms with E-state index in [4.69, 9.17) is 0 Å². The average molecular weight is 422 g/mol. The molecule has 0 spiro atoms. The average Bonchev–Trinajstić information content (AvgIpc) is 3.37. The number of nitrogens with zero attached hydrogens (tertiary/aromatic N) is 3. The molecular formula is C24H27N3O2S. The van der Waals surface area contributed by atoms with Gasteiger partial charge in [0, 0.05) is 41.9 Å². The molecule has 2 heterocycles. The minimum Gasteiger partial charge on any atom is -0.318 e. The van der Waals surface area contributed by atoms with Gasteiger partial charge in [0.25, 0.3) is 0 Å². The summed E-state index contributed by atoms with van der Waals surface area (Å²) in [4.78, 5) is 4.91. The lowest BCUT2D eigenvalue weighted by Gasteiger charge is -2.15. The van der Waals surface area contributed by atoms with Gasteiger partial charge in [-0.05, 0) is 76.1 Å². The van der Waals surface area contributed by atoms with E-state index in [2.05, 4.69) is 60.7 Å². The molecule has 0 unspecified atom stereocenters. The number of sulfonamides is 1. The van der Waals surface area contributed by atoms with E-state index in [0.29, 0.717) is 18.0 Å². The van der Waals surface area contributed by atoms with Crippen molar-refractivity contribution in [3.8, 4) is 5.69 Å². The number of benzene rings is 2. The maximum absolute atomic E-state index is 12.7. The molecule has 5 nitrogen and oxygen atoms in total. The molecule has 0 bridgehead atoms. The Hall–Kier alpha value is -2.70. The first kappa shape index (κ1) is 20.6. The van der Waals surface area contributed by atoms with Crippen molar-refractivity contribution in [3.05, 3.63) is 77.1 Å². The van der Waals surface area contributed by atoms with Gasteiger partial charge in [-0.15, -0.1) is 0 Å². The first-order chi connectivity index (χ1) is 14.4. The highest BCUT2D eigenvalue weighted by Gasteiger charge is 2.26. The number of aryl methyl sites for hydroxylation is 2. The molecule has 4 rings (SSSR count). The van der Waals surface area contributed by atoms with Gasteiger partial charge in [-0.25, -0.2) is 8.42 Å².